The Morgan fingerprint density at radius 1 is 0.467 bits per heavy atom. The van der Waals surface area contributed by atoms with E-state index in [1.54, 1.807) is 6.07 Å². The fraction of sp³-hybridized carbons (Fsp3) is 0.127. The molecule has 0 aromatic heterocycles. The van der Waals surface area contributed by atoms with Crippen LogP contribution >= 0.6 is 0 Å². The minimum atomic E-state index is -4.40. The summed E-state index contributed by atoms with van der Waals surface area (Å²) in [6, 6.07) is 46.0. The zero-order valence-electron chi connectivity index (χ0n) is 41.7. The van der Waals surface area contributed by atoms with Crippen LogP contribution in [0.3, 0.4) is 0 Å². The second-order valence-corrected chi connectivity index (χ2v) is 20.4. The summed E-state index contributed by atoms with van der Waals surface area (Å²) in [4.78, 5) is 0. The predicted octanol–water partition coefficient (Wildman–Crippen LogP) is 9.50. The quantitative estimate of drug-likeness (QED) is 0.124. The van der Waals surface area contributed by atoms with Crippen molar-refractivity contribution < 1.29 is 25.0 Å². The molecule has 0 saturated carbocycles. The summed E-state index contributed by atoms with van der Waals surface area (Å²) in [6.45, 7) is 7.46. The fourth-order valence-corrected chi connectivity index (χ4v) is 13.8. The average Bonchev–Trinajstić information content (AvgIpc) is 3.75. The van der Waals surface area contributed by atoms with Gasteiger partial charge in [0.05, 0.1) is 27.6 Å². The van der Waals surface area contributed by atoms with Crippen LogP contribution in [0.1, 0.15) is 60.9 Å². The van der Waals surface area contributed by atoms with Crippen LogP contribution in [0.25, 0.3) is 22.3 Å². The van der Waals surface area contributed by atoms with Crippen molar-refractivity contribution in [3.63, 3.8) is 0 Å². The molecule has 2 heterocycles. The van der Waals surface area contributed by atoms with Gasteiger partial charge in [0.2, 0.25) is 0 Å². The van der Waals surface area contributed by atoms with Crippen molar-refractivity contribution in [2.24, 2.45) is 0 Å². The minimum Gasteiger partial charge on any atom is -0.457 e. The van der Waals surface area contributed by atoms with E-state index in [2.05, 4.69) is 30.3 Å². The monoisotopic (exact) mass is 800 g/mol. The van der Waals surface area contributed by atoms with E-state index in [0.29, 0.717) is 27.4 Å². The number of benzene rings is 8. The molecule has 60 heavy (non-hydrogen) atoms. The van der Waals surface area contributed by atoms with Gasteiger partial charge in [0.1, 0.15) is 11.5 Å². The van der Waals surface area contributed by atoms with Crippen LogP contribution in [-0.4, -0.2) is 26.4 Å². The third-order valence-electron chi connectivity index (χ3n) is 13.1. The van der Waals surface area contributed by atoms with E-state index < -0.39 is 49.9 Å². The molecule has 5 heteroatoms. The van der Waals surface area contributed by atoms with Crippen molar-refractivity contribution in [3.8, 4) is 33.8 Å². The van der Waals surface area contributed by atoms with Gasteiger partial charge in [0, 0.05) is 11.1 Å². The molecule has 0 amide bonds. The third-order valence-corrected chi connectivity index (χ3v) is 17.5. The molecule has 1 fully saturated rings. The summed E-state index contributed by atoms with van der Waals surface area (Å²) in [7, 11) is -5.64. The molecule has 0 N–H and O–H groups in total. The molecular formula is C55H45BO3Si. The van der Waals surface area contributed by atoms with Crippen molar-refractivity contribution in [2.45, 2.75) is 44.3 Å². The molecule has 1 spiro atoms. The lowest BCUT2D eigenvalue weighted by Gasteiger charge is -2.39. The average molecular weight is 801 g/mol. The molecule has 3 nitrogen and oxygen atoms in total. The van der Waals surface area contributed by atoms with Gasteiger partial charge in [-0.15, -0.1) is 0 Å². The molecule has 0 atom stereocenters. The first-order valence-corrected chi connectivity index (χ1v) is 22.4. The number of ether oxygens (including phenoxy) is 1. The smallest absolute Gasteiger partial charge is 0.457 e. The minimum absolute atomic E-state index is 0.0257. The van der Waals surface area contributed by atoms with Gasteiger partial charge in [0.15, 0.2) is 8.07 Å². The zero-order chi connectivity index (χ0) is 47.7. The Morgan fingerprint density at radius 3 is 1.62 bits per heavy atom. The highest BCUT2D eigenvalue weighted by molar-refractivity contribution is 7.20. The summed E-state index contributed by atoms with van der Waals surface area (Å²) >= 11 is 0. The lowest BCUT2D eigenvalue weighted by molar-refractivity contribution is 0.00578. The first-order valence-electron chi connectivity index (χ1n) is 24.4. The topological polar surface area (TPSA) is 27.7 Å². The molecule has 1 aliphatic carbocycles. The van der Waals surface area contributed by atoms with Crippen LogP contribution in [-0.2, 0) is 14.7 Å². The number of rotatable bonds is 6. The van der Waals surface area contributed by atoms with E-state index >= 15 is 0 Å². The number of hydrogen-bond acceptors (Lipinski definition) is 3. The van der Waals surface area contributed by atoms with Crippen LogP contribution in [0.5, 0.6) is 11.5 Å². The summed E-state index contributed by atoms with van der Waals surface area (Å²) in [5.41, 5.74) is 3.96. The van der Waals surface area contributed by atoms with Gasteiger partial charge in [-0.2, -0.15) is 0 Å². The van der Waals surface area contributed by atoms with E-state index in [4.69, 9.17) is 14.0 Å². The van der Waals surface area contributed by atoms with E-state index in [1.807, 2.05) is 143 Å². The molecule has 8 aromatic rings. The molecule has 0 unspecified atom stereocenters. The Morgan fingerprint density at radius 2 is 0.983 bits per heavy atom. The Balaban J connectivity index is 1.25. The third kappa shape index (κ3) is 5.29. The van der Waals surface area contributed by atoms with Gasteiger partial charge < -0.3 is 14.0 Å². The molecule has 2 aliphatic heterocycles. The van der Waals surface area contributed by atoms with Crippen molar-refractivity contribution in [1.82, 2.24) is 0 Å². The van der Waals surface area contributed by atoms with E-state index in [9.17, 15) is 11.0 Å². The number of para-hydroxylation sites is 1. The largest absolute Gasteiger partial charge is 0.494 e. The Bertz CT molecular complexity index is 3300. The number of fused-ring (bicyclic) bond motifs is 9. The zero-order valence-corrected chi connectivity index (χ0v) is 34.7. The first kappa shape index (κ1) is 29.1. The Labute approximate surface area is 365 Å². The summed E-state index contributed by atoms with van der Waals surface area (Å²) in [5.74, 6) is 1.31. The highest BCUT2D eigenvalue weighted by Gasteiger charge is 2.53. The van der Waals surface area contributed by atoms with Crippen molar-refractivity contribution >= 4 is 41.4 Å². The summed E-state index contributed by atoms with van der Waals surface area (Å²) in [6.07, 6.45) is 0. The fourth-order valence-electron chi connectivity index (χ4n) is 9.56. The van der Waals surface area contributed by atoms with Gasteiger partial charge in [-0.3, -0.25) is 0 Å². The molecule has 0 radical (unpaired) electrons. The summed E-state index contributed by atoms with van der Waals surface area (Å²) < 4.78 is 98.3. The Kier molecular flexibility index (Phi) is 6.61. The molecule has 290 valence electrons. The van der Waals surface area contributed by atoms with Crippen molar-refractivity contribution in [2.75, 3.05) is 0 Å². The standard InChI is InChI=1S/C55H45BO3Si/c1-53(2)54(3,4)59-56(58-53)40-20-18-26-44(37-40)60(41-21-7-5-8-22-41,42-23-9-6-10-24-42)43-25-17-19-38(35-43)39-33-34-52-50(36-39)55(49-31-15-16-32-51(49)57-52)47-29-13-11-27-45(47)46-28-12-14-30-48(46)55/h5-37H,1-4H3/i17D,18D,19D,20D,25D,26D,35D,37D. The van der Waals surface area contributed by atoms with Crippen LogP contribution in [0.15, 0.2) is 200 Å². The lowest BCUT2D eigenvalue weighted by Crippen LogP contribution is -2.75. The van der Waals surface area contributed by atoms with Crippen LogP contribution < -0.4 is 30.9 Å². The van der Waals surface area contributed by atoms with Crippen LogP contribution in [0, 0.1) is 0 Å². The maximum absolute atomic E-state index is 10.5. The van der Waals surface area contributed by atoms with E-state index in [0.717, 1.165) is 33.4 Å². The normalized spacial score (nSPS) is 18.2. The Hall–Kier alpha value is -6.24. The molecule has 3 aliphatic rings. The van der Waals surface area contributed by atoms with Crippen molar-refractivity contribution in [1.29, 1.82) is 0 Å². The molecule has 0 bridgehead atoms. The molecular weight excluding hydrogens is 747 g/mol. The maximum atomic E-state index is 10.5. The molecule has 1 saturated heterocycles. The molecule has 8 aromatic carbocycles. The van der Waals surface area contributed by atoms with E-state index in [-0.39, 0.29) is 51.6 Å². The second kappa shape index (κ2) is 13.7. The highest BCUT2D eigenvalue weighted by atomic mass is 28.3. The van der Waals surface area contributed by atoms with Crippen molar-refractivity contribution in [3.05, 3.63) is 222 Å². The van der Waals surface area contributed by atoms with E-state index in [1.165, 1.54) is 0 Å². The second-order valence-electron chi connectivity index (χ2n) is 16.8. The van der Waals surface area contributed by atoms with Gasteiger partial charge in [-0.25, -0.2) is 0 Å². The number of hydrogen-bond donors (Lipinski definition) is 0. The maximum Gasteiger partial charge on any atom is 0.494 e. The van der Waals surface area contributed by atoms with Crippen LogP contribution in [0.2, 0.25) is 0 Å². The lowest BCUT2D eigenvalue weighted by atomic mass is 9.66. The first-order chi connectivity index (χ1) is 32.6. The van der Waals surface area contributed by atoms with Gasteiger partial charge in [-0.05, 0) is 105 Å². The highest BCUT2D eigenvalue weighted by Crippen LogP contribution is 2.62. The summed E-state index contributed by atoms with van der Waals surface area (Å²) in [5, 5.41) is 1.31. The van der Waals surface area contributed by atoms with Crippen LogP contribution in [0.4, 0.5) is 0 Å². The SMILES string of the molecule is [2H]c1c([2H])c(B2OC(C)(C)C(C)(C)O2)c([2H])c([Si](c2ccccc2)(c2ccccc2)c2c([2H])c([2H])c([2H])c(-c3ccc4c(c3)C3(c5ccccc5O4)c4ccccc4-c4ccccc43)c2[2H])c1[2H]. The van der Waals surface area contributed by atoms with Gasteiger partial charge in [-0.1, -0.05) is 182 Å². The predicted molar refractivity (Wildman–Crippen MR) is 249 cm³/mol. The van der Waals surface area contributed by atoms with Gasteiger partial charge in [0.25, 0.3) is 0 Å². The van der Waals surface area contributed by atoms with Gasteiger partial charge >= 0.3 is 7.12 Å². The molecule has 11 rings (SSSR count).